The third-order valence-corrected chi connectivity index (χ3v) is 2.33. The summed E-state index contributed by atoms with van der Waals surface area (Å²) in [7, 11) is 0. The molecular weight excluding hydrogens is 195 g/mol. The summed E-state index contributed by atoms with van der Waals surface area (Å²) in [6, 6.07) is -0.0430. The first kappa shape index (κ1) is 11.3. The summed E-state index contributed by atoms with van der Waals surface area (Å²) in [6.07, 6.45) is -1.02. The number of rotatable bonds is 2. The minimum Gasteiger partial charge on any atom is -0.353 e. The van der Waals surface area contributed by atoms with Gasteiger partial charge in [-0.1, -0.05) is 19.3 Å². The van der Waals surface area contributed by atoms with Crippen LogP contribution in [0.5, 0.6) is 0 Å². The van der Waals surface area contributed by atoms with Crippen LogP contribution in [0.3, 0.4) is 0 Å². The van der Waals surface area contributed by atoms with Gasteiger partial charge >= 0.3 is 6.18 Å². The summed E-state index contributed by atoms with van der Waals surface area (Å²) < 4.78 is 35.4. The average molecular weight is 209 g/mol. The molecule has 1 amide bonds. The van der Waals surface area contributed by atoms with Gasteiger partial charge in [0.15, 0.2) is 0 Å². The predicted octanol–water partition coefficient (Wildman–Crippen LogP) is 2.39. The van der Waals surface area contributed by atoms with Gasteiger partial charge in [0.25, 0.3) is 0 Å². The van der Waals surface area contributed by atoms with Crippen molar-refractivity contribution in [1.82, 2.24) is 5.32 Å². The molecule has 14 heavy (non-hydrogen) atoms. The van der Waals surface area contributed by atoms with Crippen LogP contribution in [-0.4, -0.2) is 18.1 Å². The van der Waals surface area contributed by atoms with Gasteiger partial charge in [-0.15, -0.1) is 0 Å². The molecule has 5 heteroatoms. The van der Waals surface area contributed by atoms with E-state index < -0.39 is 18.5 Å². The molecule has 0 spiro atoms. The number of alkyl halides is 3. The van der Waals surface area contributed by atoms with E-state index in [0.29, 0.717) is 0 Å². The Bertz CT molecular complexity index is 197. The maximum atomic E-state index is 11.8. The second kappa shape index (κ2) is 4.66. The second-order valence-electron chi connectivity index (χ2n) is 3.69. The van der Waals surface area contributed by atoms with Crippen LogP contribution in [0.15, 0.2) is 0 Å². The van der Waals surface area contributed by atoms with E-state index in [1.165, 1.54) is 0 Å². The standard InChI is InChI=1S/C9H14F3NO/c10-9(11,12)6-8(14)13-7-4-2-1-3-5-7/h7H,1-6H2,(H,13,14). The van der Waals surface area contributed by atoms with Crippen LogP contribution in [0.25, 0.3) is 0 Å². The Labute approximate surface area is 80.9 Å². The normalized spacial score (nSPS) is 19.4. The third kappa shape index (κ3) is 4.48. The minimum absolute atomic E-state index is 0.0430. The number of amides is 1. The smallest absolute Gasteiger partial charge is 0.353 e. The molecule has 0 aromatic rings. The number of nitrogens with one attached hydrogen (secondary N) is 1. The van der Waals surface area contributed by atoms with Crippen LogP contribution in [0, 0.1) is 0 Å². The minimum atomic E-state index is -4.39. The van der Waals surface area contributed by atoms with Gasteiger partial charge in [0, 0.05) is 6.04 Å². The highest BCUT2D eigenvalue weighted by atomic mass is 19.4. The number of carbonyl (C=O) groups excluding carboxylic acids is 1. The predicted molar refractivity (Wildman–Crippen MR) is 45.7 cm³/mol. The summed E-state index contributed by atoms with van der Waals surface area (Å²) >= 11 is 0. The maximum Gasteiger partial charge on any atom is 0.397 e. The first-order valence-corrected chi connectivity index (χ1v) is 4.83. The molecule has 0 unspecified atom stereocenters. The van der Waals surface area contributed by atoms with Crippen molar-refractivity contribution in [2.24, 2.45) is 0 Å². The molecule has 0 radical (unpaired) electrons. The summed E-state index contributed by atoms with van der Waals surface area (Å²) in [5, 5.41) is 2.42. The Hall–Kier alpha value is -0.740. The molecular formula is C9H14F3NO. The van der Waals surface area contributed by atoms with Crippen molar-refractivity contribution in [3.8, 4) is 0 Å². The van der Waals surface area contributed by atoms with Crippen molar-refractivity contribution in [2.75, 3.05) is 0 Å². The molecule has 1 saturated carbocycles. The molecule has 0 saturated heterocycles. The Morgan fingerprint density at radius 2 is 1.79 bits per heavy atom. The van der Waals surface area contributed by atoms with E-state index >= 15 is 0 Å². The van der Waals surface area contributed by atoms with Crippen molar-refractivity contribution in [2.45, 2.75) is 50.7 Å². The lowest BCUT2D eigenvalue weighted by Crippen LogP contribution is -2.38. The van der Waals surface area contributed by atoms with E-state index in [9.17, 15) is 18.0 Å². The Morgan fingerprint density at radius 3 is 2.29 bits per heavy atom. The molecule has 1 rings (SSSR count). The molecule has 1 fully saturated rings. The molecule has 1 aliphatic carbocycles. The van der Waals surface area contributed by atoms with Gasteiger partial charge in [-0.3, -0.25) is 4.79 Å². The summed E-state index contributed by atoms with van der Waals surface area (Å²) in [6.45, 7) is 0. The largest absolute Gasteiger partial charge is 0.397 e. The van der Waals surface area contributed by atoms with Gasteiger partial charge in [0.05, 0.1) is 0 Å². The highest BCUT2D eigenvalue weighted by molar-refractivity contribution is 5.76. The molecule has 0 atom stereocenters. The van der Waals surface area contributed by atoms with E-state index in [0.717, 1.165) is 32.1 Å². The molecule has 1 N–H and O–H groups in total. The van der Waals surface area contributed by atoms with Gasteiger partial charge < -0.3 is 5.32 Å². The van der Waals surface area contributed by atoms with Crippen LogP contribution in [-0.2, 0) is 4.79 Å². The topological polar surface area (TPSA) is 29.1 Å². The zero-order chi connectivity index (χ0) is 10.6. The van der Waals surface area contributed by atoms with Crippen molar-refractivity contribution >= 4 is 5.91 Å². The summed E-state index contributed by atoms with van der Waals surface area (Å²) in [5.74, 6) is -0.899. The molecule has 0 aromatic heterocycles. The average Bonchev–Trinajstić information content (AvgIpc) is 2.02. The molecule has 82 valence electrons. The van der Waals surface area contributed by atoms with Gasteiger partial charge in [-0.05, 0) is 12.8 Å². The van der Waals surface area contributed by atoms with Gasteiger partial charge in [-0.2, -0.15) is 13.2 Å². The van der Waals surface area contributed by atoms with Crippen molar-refractivity contribution in [3.63, 3.8) is 0 Å². The summed E-state index contributed by atoms with van der Waals surface area (Å²) in [4.78, 5) is 10.9. The van der Waals surface area contributed by atoms with Crippen LogP contribution in [0.2, 0.25) is 0 Å². The molecule has 0 aromatic carbocycles. The molecule has 0 bridgehead atoms. The fourth-order valence-corrected chi connectivity index (χ4v) is 1.71. The zero-order valence-electron chi connectivity index (χ0n) is 7.86. The fraction of sp³-hybridized carbons (Fsp3) is 0.889. The van der Waals surface area contributed by atoms with E-state index in [1.54, 1.807) is 0 Å². The third-order valence-electron chi connectivity index (χ3n) is 2.33. The Balaban J connectivity index is 2.25. The Morgan fingerprint density at radius 1 is 1.21 bits per heavy atom. The molecule has 0 aliphatic heterocycles. The number of carbonyl (C=O) groups is 1. The van der Waals surface area contributed by atoms with Gasteiger partial charge in [0.2, 0.25) is 5.91 Å². The van der Waals surface area contributed by atoms with Crippen LogP contribution < -0.4 is 5.32 Å². The number of hydrogen-bond donors (Lipinski definition) is 1. The van der Waals surface area contributed by atoms with Crippen LogP contribution >= 0.6 is 0 Å². The lowest BCUT2D eigenvalue weighted by Gasteiger charge is -2.22. The van der Waals surface area contributed by atoms with Crippen LogP contribution in [0.1, 0.15) is 38.5 Å². The highest BCUT2D eigenvalue weighted by Gasteiger charge is 2.32. The molecule has 0 heterocycles. The monoisotopic (exact) mass is 209 g/mol. The fourth-order valence-electron chi connectivity index (χ4n) is 1.71. The summed E-state index contributed by atoms with van der Waals surface area (Å²) in [5.41, 5.74) is 0. The SMILES string of the molecule is O=C(CC(F)(F)F)NC1CCCCC1. The van der Waals surface area contributed by atoms with Crippen molar-refractivity contribution in [1.29, 1.82) is 0 Å². The maximum absolute atomic E-state index is 11.8. The lowest BCUT2D eigenvalue weighted by molar-refractivity contribution is -0.154. The quantitative estimate of drug-likeness (QED) is 0.743. The van der Waals surface area contributed by atoms with E-state index in [-0.39, 0.29) is 6.04 Å². The molecule has 1 aliphatic rings. The number of hydrogen-bond acceptors (Lipinski definition) is 1. The van der Waals surface area contributed by atoms with E-state index in [1.807, 2.05) is 0 Å². The van der Waals surface area contributed by atoms with Crippen LogP contribution in [0.4, 0.5) is 13.2 Å². The van der Waals surface area contributed by atoms with E-state index in [2.05, 4.69) is 5.32 Å². The first-order valence-electron chi connectivity index (χ1n) is 4.83. The van der Waals surface area contributed by atoms with Crippen molar-refractivity contribution < 1.29 is 18.0 Å². The molecule has 2 nitrogen and oxygen atoms in total. The zero-order valence-corrected chi connectivity index (χ0v) is 7.86. The Kier molecular flexibility index (Phi) is 3.77. The second-order valence-corrected chi connectivity index (χ2v) is 3.69. The van der Waals surface area contributed by atoms with E-state index in [4.69, 9.17) is 0 Å². The van der Waals surface area contributed by atoms with Gasteiger partial charge in [0.1, 0.15) is 6.42 Å². The number of halogens is 3. The highest BCUT2D eigenvalue weighted by Crippen LogP contribution is 2.21. The first-order chi connectivity index (χ1) is 6.47. The van der Waals surface area contributed by atoms with Gasteiger partial charge in [-0.25, -0.2) is 0 Å². The van der Waals surface area contributed by atoms with Crippen molar-refractivity contribution in [3.05, 3.63) is 0 Å². The lowest BCUT2D eigenvalue weighted by atomic mass is 9.95.